The Hall–Kier alpha value is -1.40. The first-order valence-electron chi connectivity index (χ1n) is 8.69. The van der Waals surface area contributed by atoms with Gasteiger partial charge in [-0.25, -0.2) is 4.98 Å². The van der Waals surface area contributed by atoms with Crippen molar-refractivity contribution in [1.29, 1.82) is 0 Å². The maximum atomic E-state index is 11.8. The van der Waals surface area contributed by atoms with Crippen molar-refractivity contribution in [3.8, 4) is 0 Å². The highest BCUT2D eigenvalue weighted by atomic mass is 16.3. The predicted octanol–water partition coefficient (Wildman–Crippen LogP) is 1.18. The zero-order valence-electron chi connectivity index (χ0n) is 14.4. The summed E-state index contributed by atoms with van der Waals surface area (Å²) in [5, 5.41) is 12.9. The zero-order valence-corrected chi connectivity index (χ0v) is 14.4. The van der Waals surface area contributed by atoms with Gasteiger partial charge >= 0.3 is 0 Å². The van der Waals surface area contributed by atoms with Crippen molar-refractivity contribution < 1.29 is 9.90 Å². The second-order valence-corrected chi connectivity index (χ2v) is 6.71. The molecule has 2 rings (SSSR count). The molecule has 1 aromatic heterocycles. The van der Waals surface area contributed by atoms with Gasteiger partial charge in [-0.1, -0.05) is 6.92 Å². The lowest BCUT2D eigenvalue weighted by Gasteiger charge is -2.31. The lowest BCUT2D eigenvalue weighted by atomic mass is 9.99. The molecule has 0 bridgehead atoms. The molecule has 1 saturated heterocycles. The summed E-state index contributed by atoms with van der Waals surface area (Å²) in [6, 6.07) is 0. The largest absolute Gasteiger partial charge is 0.390 e. The second-order valence-electron chi connectivity index (χ2n) is 6.71. The van der Waals surface area contributed by atoms with E-state index in [4.69, 9.17) is 0 Å². The first-order valence-corrected chi connectivity index (χ1v) is 8.69. The molecule has 6 heteroatoms. The van der Waals surface area contributed by atoms with Crippen LogP contribution in [0.25, 0.3) is 0 Å². The summed E-state index contributed by atoms with van der Waals surface area (Å²) < 4.78 is 2.04. The normalized spacial score (nSPS) is 18.0. The highest BCUT2D eigenvalue weighted by Gasteiger charge is 2.18. The monoisotopic (exact) mass is 322 g/mol. The van der Waals surface area contributed by atoms with Gasteiger partial charge in [0.25, 0.3) is 0 Å². The van der Waals surface area contributed by atoms with Crippen LogP contribution in [0.5, 0.6) is 0 Å². The van der Waals surface area contributed by atoms with Crippen molar-refractivity contribution in [3.63, 3.8) is 0 Å². The lowest BCUT2D eigenvalue weighted by molar-refractivity contribution is -0.121. The van der Waals surface area contributed by atoms with E-state index in [1.807, 2.05) is 17.7 Å². The first-order chi connectivity index (χ1) is 11.0. The van der Waals surface area contributed by atoms with Crippen LogP contribution < -0.4 is 5.32 Å². The number of likely N-dealkylation sites (tertiary alicyclic amines) is 1. The maximum absolute atomic E-state index is 11.8. The molecule has 1 fully saturated rings. The number of carbonyl (C=O) groups is 1. The van der Waals surface area contributed by atoms with E-state index in [-0.39, 0.29) is 5.91 Å². The van der Waals surface area contributed by atoms with Crippen LogP contribution >= 0.6 is 0 Å². The summed E-state index contributed by atoms with van der Waals surface area (Å²) in [5.74, 6) is 1.77. The summed E-state index contributed by atoms with van der Waals surface area (Å²) in [7, 11) is 0. The molecule has 6 nitrogen and oxygen atoms in total. The lowest BCUT2D eigenvalue weighted by Crippen LogP contribution is -2.43. The van der Waals surface area contributed by atoms with Crippen molar-refractivity contribution in [2.75, 3.05) is 26.2 Å². The van der Waals surface area contributed by atoms with E-state index in [0.717, 1.165) is 37.8 Å². The van der Waals surface area contributed by atoms with Gasteiger partial charge in [-0.05, 0) is 45.2 Å². The molecule has 23 heavy (non-hydrogen) atoms. The second kappa shape index (κ2) is 9.03. The van der Waals surface area contributed by atoms with E-state index in [1.54, 1.807) is 6.20 Å². The molecule has 1 aromatic rings. The van der Waals surface area contributed by atoms with Gasteiger partial charge in [0.15, 0.2) is 0 Å². The van der Waals surface area contributed by atoms with Crippen molar-refractivity contribution in [2.45, 2.75) is 52.2 Å². The van der Waals surface area contributed by atoms with Crippen molar-refractivity contribution in [2.24, 2.45) is 5.92 Å². The van der Waals surface area contributed by atoms with Gasteiger partial charge in [0.1, 0.15) is 5.82 Å². The number of rotatable bonds is 8. The Morgan fingerprint density at radius 1 is 1.48 bits per heavy atom. The Balaban J connectivity index is 1.55. The molecule has 0 radical (unpaired) electrons. The van der Waals surface area contributed by atoms with E-state index in [0.29, 0.717) is 19.5 Å². The maximum Gasteiger partial charge on any atom is 0.220 e. The molecule has 0 saturated carbocycles. The Morgan fingerprint density at radius 3 is 2.87 bits per heavy atom. The minimum atomic E-state index is -0.483. The van der Waals surface area contributed by atoms with Crippen LogP contribution in [0.2, 0.25) is 0 Å². The fraction of sp³-hybridized carbons (Fsp3) is 0.765. The number of hydrogen-bond donors (Lipinski definition) is 2. The fourth-order valence-corrected chi connectivity index (χ4v) is 2.98. The Bertz CT molecular complexity index is 481. The Morgan fingerprint density at radius 2 is 2.22 bits per heavy atom. The molecule has 130 valence electrons. The Labute approximate surface area is 138 Å². The van der Waals surface area contributed by atoms with Gasteiger partial charge in [0.05, 0.1) is 6.10 Å². The third-order valence-corrected chi connectivity index (χ3v) is 4.61. The number of imidazole rings is 1. The molecule has 1 aliphatic heterocycles. The number of aliphatic hydroxyl groups excluding tert-OH is 1. The fourth-order valence-electron chi connectivity index (χ4n) is 2.98. The smallest absolute Gasteiger partial charge is 0.220 e. The van der Waals surface area contributed by atoms with Gasteiger partial charge in [-0.2, -0.15) is 0 Å². The number of nitrogens with zero attached hydrogens (tertiary/aromatic N) is 3. The average Bonchev–Trinajstić information content (AvgIpc) is 2.93. The van der Waals surface area contributed by atoms with Crippen molar-refractivity contribution in [1.82, 2.24) is 19.8 Å². The first kappa shape index (κ1) is 17.9. The Kier molecular flexibility index (Phi) is 7.05. The quantitative estimate of drug-likeness (QED) is 0.754. The number of aryl methyl sites for hydroxylation is 2. The standard InChI is InChI=1S/C17H30N4O2/c1-14-5-9-20(10-6-14)13-16(22)12-19-17(23)4-3-8-21-11-7-18-15(21)2/h7,11,14,16,22H,3-6,8-10,12-13H2,1-2H3,(H,19,23). The topological polar surface area (TPSA) is 70.4 Å². The van der Waals surface area contributed by atoms with Gasteiger partial charge in [0, 0.05) is 38.4 Å². The third kappa shape index (κ3) is 6.31. The van der Waals surface area contributed by atoms with Crippen LogP contribution in [-0.4, -0.2) is 57.7 Å². The molecular formula is C17H30N4O2. The minimum Gasteiger partial charge on any atom is -0.390 e. The van der Waals surface area contributed by atoms with Gasteiger partial charge in [-0.3, -0.25) is 4.79 Å². The molecule has 1 atom stereocenters. The summed E-state index contributed by atoms with van der Waals surface area (Å²) in [5.41, 5.74) is 0. The summed E-state index contributed by atoms with van der Waals surface area (Å²) in [6.45, 7) is 8.13. The number of aliphatic hydroxyl groups is 1. The van der Waals surface area contributed by atoms with Crippen LogP contribution in [0.4, 0.5) is 0 Å². The number of hydrogen-bond acceptors (Lipinski definition) is 4. The van der Waals surface area contributed by atoms with Crippen LogP contribution in [0.15, 0.2) is 12.4 Å². The average molecular weight is 322 g/mol. The number of β-amino-alcohol motifs (C(OH)–C–C–N with tert-alkyl or cyclic N) is 1. The van der Waals surface area contributed by atoms with E-state index in [1.165, 1.54) is 12.8 Å². The highest BCUT2D eigenvalue weighted by Crippen LogP contribution is 2.15. The summed E-state index contributed by atoms with van der Waals surface area (Å²) >= 11 is 0. The van der Waals surface area contributed by atoms with Crippen LogP contribution in [-0.2, 0) is 11.3 Å². The summed E-state index contributed by atoms with van der Waals surface area (Å²) in [4.78, 5) is 18.3. The van der Waals surface area contributed by atoms with Crippen molar-refractivity contribution >= 4 is 5.91 Å². The molecule has 0 spiro atoms. The van der Waals surface area contributed by atoms with E-state index >= 15 is 0 Å². The third-order valence-electron chi connectivity index (χ3n) is 4.61. The molecule has 0 aromatic carbocycles. The van der Waals surface area contributed by atoms with E-state index in [2.05, 4.69) is 22.1 Å². The molecule has 1 aliphatic rings. The number of amides is 1. The molecular weight excluding hydrogens is 292 g/mol. The van der Waals surface area contributed by atoms with E-state index in [9.17, 15) is 9.90 Å². The van der Waals surface area contributed by atoms with Crippen LogP contribution in [0, 0.1) is 12.8 Å². The molecule has 1 amide bonds. The molecule has 2 heterocycles. The van der Waals surface area contributed by atoms with Gasteiger partial charge in [-0.15, -0.1) is 0 Å². The number of piperidine rings is 1. The predicted molar refractivity (Wildman–Crippen MR) is 90.1 cm³/mol. The van der Waals surface area contributed by atoms with Crippen LogP contribution in [0.3, 0.4) is 0 Å². The summed E-state index contributed by atoms with van der Waals surface area (Å²) in [6.07, 6.45) is 6.88. The number of carbonyl (C=O) groups excluding carboxylic acids is 1. The highest BCUT2D eigenvalue weighted by molar-refractivity contribution is 5.75. The molecule has 2 N–H and O–H groups in total. The number of nitrogens with one attached hydrogen (secondary N) is 1. The SMILES string of the molecule is Cc1nccn1CCCC(=O)NCC(O)CN1CCC(C)CC1. The zero-order chi connectivity index (χ0) is 16.7. The van der Waals surface area contributed by atoms with Crippen molar-refractivity contribution in [3.05, 3.63) is 18.2 Å². The minimum absolute atomic E-state index is 0.00841. The van der Waals surface area contributed by atoms with E-state index < -0.39 is 6.10 Å². The van der Waals surface area contributed by atoms with Gasteiger partial charge < -0.3 is 19.9 Å². The van der Waals surface area contributed by atoms with Crippen LogP contribution in [0.1, 0.15) is 38.4 Å². The van der Waals surface area contributed by atoms with Gasteiger partial charge in [0.2, 0.25) is 5.91 Å². The molecule has 0 aliphatic carbocycles. The molecule has 1 unspecified atom stereocenters. The number of aromatic nitrogens is 2.